The van der Waals surface area contributed by atoms with Gasteiger partial charge in [0, 0.05) is 17.5 Å². The zero-order chi connectivity index (χ0) is 18.7. The largest absolute Gasteiger partial charge is 0.280 e. The molecule has 1 aliphatic rings. The molecule has 0 unspecified atom stereocenters. The van der Waals surface area contributed by atoms with E-state index < -0.39 is 15.3 Å². The van der Waals surface area contributed by atoms with Crippen molar-refractivity contribution in [3.05, 3.63) is 41.6 Å². The number of aromatic nitrogens is 2. The van der Waals surface area contributed by atoms with E-state index in [1.165, 1.54) is 0 Å². The molecule has 0 spiro atoms. The zero-order valence-corrected chi connectivity index (χ0v) is 15.9. The highest BCUT2D eigenvalue weighted by molar-refractivity contribution is 7.90. The Morgan fingerprint density at radius 3 is 2.42 bits per heavy atom. The molecule has 1 heterocycles. The number of benzene rings is 1. The monoisotopic (exact) mass is 372 g/mol. The van der Waals surface area contributed by atoms with Gasteiger partial charge in [-0.2, -0.15) is 10.4 Å². The van der Waals surface area contributed by atoms with Crippen LogP contribution in [0.3, 0.4) is 0 Å². The average Bonchev–Trinajstić information content (AvgIpc) is 3.06. The Bertz CT molecular complexity index is 889. The van der Waals surface area contributed by atoms with Crippen LogP contribution in [0.1, 0.15) is 56.7 Å². The van der Waals surface area contributed by atoms with Gasteiger partial charge >= 0.3 is 0 Å². The SMILES string of the molecule is CC(C)S(=O)(=O)NC1CCC(c2[nH]nc(-c3ccccc3)c2C#N)CC1. The van der Waals surface area contributed by atoms with Crippen LogP contribution in [0.25, 0.3) is 11.3 Å². The van der Waals surface area contributed by atoms with Crippen molar-refractivity contribution < 1.29 is 8.42 Å². The molecule has 138 valence electrons. The number of sulfonamides is 1. The van der Waals surface area contributed by atoms with Crippen LogP contribution in [-0.4, -0.2) is 29.9 Å². The number of hydrogen-bond acceptors (Lipinski definition) is 4. The summed E-state index contributed by atoms with van der Waals surface area (Å²) >= 11 is 0. The molecule has 26 heavy (non-hydrogen) atoms. The summed E-state index contributed by atoms with van der Waals surface area (Å²) in [6.45, 7) is 3.37. The lowest BCUT2D eigenvalue weighted by Crippen LogP contribution is -2.40. The van der Waals surface area contributed by atoms with Crippen molar-refractivity contribution in [3.8, 4) is 17.3 Å². The standard InChI is InChI=1S/C19H24N4O2S/c1-13(2)26(24,25)23-16-10-8-15(9-11-16)19-17(12-20)18(21-22-19)14-6-4-3-5-7-14/h3-7,13,15-16,23H,8-11H2,1-2H3,(H,21,22). The first-order valence-electron chi connectivity index (χ1n) is 8.97. The first-order valence-corrected chi connectivity index (χ1v) is 10.5. The molecule has 1 aromatic carbocycles. The Hall–Kier alpha value is -2.17. The molecule has 0 aliphatic heterocycles. The molecule has 7 heteroatoms. The van der Waals surface area contributed by atoms with Crippen LogP contribution < -0.4 is 4.72 Å². The molecule has 3 rings (SSSR count). The van der Waals surface area contributed by atoms with Gasteiger partial charge in [0.2, 0.25) is 10.0 Å². The summed E-state index contributed by atoms with van der Waals surface area (Å²) in [7, 11) is -3.25. The summed E-state index contributed by atoms with van der Waals surface area (Å²) < 4.78 is 26.9. The zero-order valence-electron chi connectivity index (χ0n) is 15.1. The summed E-state index contributed by atoms with van der Waals surface area (Å²) in [6.07, 6.45) is 3.19. The molecule has 0 amide bonds. The van der Waals surface area contributed by atoms with Crippen molar-refractivity contribution in [3.63, 3.8) is 0 Å². The fraction of sp³-hybridized carbons (Fsp3) is 0.474. The van der Waals surface area contributed by atoms with Gasteiger partial charge in [-0.3, -0.25) is 5.10 Å². The predicted molar refractivity (Wildman–Crippen MR) is 101 cm³/mol. The third-order valence-electron chi connectivity index (χ3n) is 5.04. The van der Waals surface area contributed by atoms with Crippen LogP contribution >= 0.6 is 0 Å². The maximum absolute atomic E-state index is 12.0. The fourth-order valence-electron chi connectivity index (χ4n) is 3.44. The molecule has 6 nitrogen and oxygen atoms in total. The Morgan fingerprint density at radius 1 is 1.19 bits per heavy atom. The van der Waals surface area contributed by atoms with Gasteiger partial charge in [0.15, 0.2) is 0 Å². The van der Waals surface area contributed by atoms with Crippen molar-refractivity contribution in [1.82, 2.24) is 14.9 Å². The van der Waals surface area contributed by atoms with Crippen molar-refractivity contribution in [2.75, 3.05) is 0 Å². The quantitative estimate of drug-likeness (QED) is 0.841. The van der Waals surface area contributed by atoms with Gasteiger partial charge in [-0.15, -0.1) is 0 Å². The third kappa shape index (κ3) is 3.81. The summed E-state index contributed by atoms with van der Waals surface area (Å²) in [5, 5.41) is 16.7. The van der Waals surface area contributed by atoms with E-state index >= 15 is 0 Å². The molecule has 1 aliphatic carbocycles. The molecule has 0 bridgehead atoms. The van der Waals surface area contributed by atoms with Gasteiger partial charge in [-0.05, 0) is 39.5 Å². The first-order chi connectivity index (χ1) is 12.4. The van der Waals surface area contributed by atoms with Crippen LogP contribution in [0, 0.1) is 11.3 Å². The normalized spacial score (nSPS) is 20.8. The molecule has 1 saturated carbocycles. The minimum atomic E-state index is -3.25. The van der Waals surface area contributed by atoms with E-state index in [-0.39, 0.29) is 12.0 Å². The number of rotatable bonds is 5. The molecule has 1 aromatic heterocycles. The van der Waals surface area contributed by atoms with Gasteiger partial charge in [-0.25, -0.2) is 13.1 Å². The van der Waals surface area contributed by atoms with Gasteiger partial charge < -0.3 is 0 Å². The van der Waals surface area contributed by atoms with Crippen molar-refractivity contribution >= 4 is 10.0 Å². The molecule has 0 saturated heterocycles. The lowest BCUT2D eigenvalue weighted by molar-refractivity contribution is 0.368. The first kappa shape index (κ1) is 18.6. The van der Waals surface area contributed by atoms with Gasteiger partial charge in [0.05, 0.1) is 10.9 Å². The Kier molecular flexibility index (Phi) is 5.44. The second kappa shape index (κ2) is 7.60. The third-order valence-corrected chi connectivity index (χ3v) is 6.94. The van der Waals surface area contributed by atoms with Crippen molar-refractivity contribution in [1.29, 1.82) is 5.26 Å². The van der Waals surface area contributed by atoms with Crippen LogP contribution in [0.4, 0.5) is 0 Å². The van der Waals surface area contributed by atoms with E-state index in [4.69, 9.17) is 0 Å². The van der Waals surface area contributed by atoms with Crippen LogP contribution in [0.2, 0.25) is 0 Å². The maximum Gasteiger partial charge on any atom is 0.214 e. The summed E-state index contributed by atoms with van der Waals surface area (Å²) in [6, 6.07) is 11.9. The molecule has 1 fully saturated rings. The summed E-state index contributed by atoms with van der Waals surface area (Å²) in [5.41, 5.74) is 3.08. The Labute approximate surface area is 154 Å². The summed E-state index contributed by atoms with van der Waals surface area (Å²) in [4.78, 5) is 0. The topological polar surface area (TPSA) is 98.6 Å². The molecule has 0 atom stereocenters. The summed E-state index contributed by atoms with van der Waals surface area (Å²) in [5.74, 6) is 0.203. The van der Waals surface area contributed by atoms with Crippen LogP contribution in [0.5, 0.6) is 0 Å². The van der Waals surface area contributed by atoms with E-state index in [9.17, 15) is 13.7 Å². The van der Waals surface area contributed by atoms with Gasteiger partial charge in [-0.1, -0.05) is 30.3 Å². The van der Waals surface area contributed by atoms with Crippen molar-refractivity contribution in [2.45, 2.75) is 56.7 Å². The minimum Gasteiger partial charge on any atom is -0.280 e. The van der Waals surface area contributed by atoms with E-state index in [1.807, 2.05) is 30.3 Å². The molecule has 0 radical (unpaired) electrons. The highest BCUT2D eigenvalue weighted by Gasteiger charge is 2.30. The van der Waals surface area contributed by atoms with E-state index in [0.29, 0.717) is 11.3 Å². The maximum atomic E-state index is 12.0. The molecule has 2 N–H and O–H groups in total. The number of nitriles is 1. The predicted octanol–water partition coefficient (Wildman–Crippen LogP) is 3.30. The van der Waals surface area contributed by atoms with E-state index in [2.05, 4.69) is 21.0 Å². The number of H-pyrrole nitrogens is 1. The lowest BCUT2D eigenvalue weighted by atomic mass is 9.83. The Balaban J connectivity index is 1.73. The number of aromatic amines is 1. The molecule has 2 aromatic rings. The second-order valence-electron chi connectivity index (χ2n) is 7.10. The lowest BCUT2D eigenvalue weighted by Gasteiger charge is -2.29. The van der Waals surface area contributed by atoms with Gasteiger partial charge in [0.1, 0.15) is 17.3 Å². The fourth-order valence-corrected chi connectivity index (χ4v) is 4.41. The van der Waals surface area contributed by atoms with E-state index in [1.54, 1.807) is 13.8 Å². The number of nitrogens with one attached hydrogen (secondary N) is 2. The minimum absolute atomic E-state index is 0.0271. The number of nitrogens with zero attached hydrogens (tertiary/aromatic N) is 2. The van der Waals surface area contributed by atoms with Crippen molar-refractivity contribution in [2.24, 2.45) is 0 Å². The Morgan fingerprint density at radius 2 is 1.85 bits per heavy atom. The van der Waals surface area contributed by atoms with Crippen LogP contribution in [0.15, 0.2) is 30.3 Å². The smallest absolute Gasteiger partial charge is 0.214 e. The second-order valence-corrected chi connectivity index (χ2v) is 9.37. The highest BCUT2D eigenvalue weighted by atomic mass is 32.2. The number of hydrogen-bond donors (Lipinski definition) is 2. The molecular formula is C19H24N4O2S. The average molecular weight is 372 g/mol. The molecular weight excluding hydrogens is 348 g/mol. The van der Waals surface area contributed by atoms with Gasteiger partial charge in [0.25, 0.3) is 0 Å². The van der Waals surface area contributed by atoms with Crippen LogP contribution in [-0.2, 0) is 10.0 Å². The highest BCUT2D eigenvalue weighted by Crippen LogP contribution is 2.36. The van der Waals surface area contributed by atoms with E-state index in [0.717, 1.165) is 36.9 Å².